The van der Waals surface area contributed by atoms with Crippen molar-refractivity contribution in [3.63, 3.8) is 0 Å². The second-order valence-corrected chi connectivity index (χ2v) is 4.84. The van der Waals surface area contributed by atoms with Gasteiger partial charge in [0.05, 0.1) is 5.56 Å². The van der Waals surface area contributed by atoms with E-state index in [0.717, 1.165) is 16.5 Å². The van der Waals surface area contributed by atoms with E-state index in [1.807, 2.05) is 0 Å². The molecule has 0 amide bonds. The molecule has 15 heavy (non-hydrogen) atoms. The van der Waals surface area contributed by atoms with Gasteiger partial charge in [0.15, 0.2) is 0 Å². The molecule has 0 aromatic heterocycles. The first-order valence-electron chi connectivity index (χ1n) is 4.57. The lowest BCUT2D eigenvalue weighted by Gasteiger charge is -2.07. The molecule has 0 fully saturated rings. The summed E-state index contributed by atoms with van der Waals surface area (Å²) in [4.78, 5) is 0.929. The number of thioether (sulfide) groups is 1. The molecule has 1 aliphatic rings. The Morgan fingerprint density at radius 2 is 2.13 bits per heavy atom. The normalized spacial score (nSPS) is 20.4. The van der Waals surface area contributed by atoms with E-state index in [2.05, 4.69) is 0 Å². The van der Waals surface area contributed by atoms with Crippen LogP contribution in [0.5, 0.6) is 0 Å². The predicted octanol–water partition coefficient (Wildman–Crippen LogP) is 2.68. The van der Waals surface area contributed by atoms with E-state index < -0.39 is 11.7 Å². The Balaban J connectivity index is 2.30. The molecule has 1 heterocycles. The van der Waals surface area contributed by atoms with Crippen LogP contribution >= 0.6 is 11.8 Å². The third kappa shape index (κ3) is 2.13. The molecule has 1 nitrogen and oxygen atoms in total. The topological polar surface area (TPSA) is 26.0 Å². The summed E-state index contributed by atoms with van der Waals surface area (Å²) in [6, 6.07) is 3.90. The zero-order valence-electron chi connectivity index (χ0n) is 7.84. The van der Waals surface area contributed by atoms with Crippen LogP contribution in [0, 0.1) is 0 Å². The number of rotatable bonds is 1. The Bertz CT molecular complexity index is 375. The van der Waals surface area contributed by atoms with Crippen LogP contribution in [-0.2, 0) is 12.6 Å². The van der Waals surface area contributed by atoms with E-state index in [4.69, 9.17) is 5.73 Å². The molecule has 0 spiro atoms. The first-order chi connectivity index (χ1) is 7.00. The summed E-state index contributed by atoms with van der Waals surface area (Å²) < 4.78 is 37.2. The smallest absolute Gasteiger partial charge is 0.329 e. The van der Waals surface area contributed by atoms with Crippen molar-refractivity contribution >= 4 is 11.8 Å². The van der Waals surface area contributed by atoms with Crippen LogP contribution in [0.25, 0.3) is 0 Å². The lowest BCUT2D eigenvalue weighted by molar-refractivity contribution is -0.137. The monoisotopic (exact) mass is 233 g/mol. The van der Waals surface area contributed by atoms with Crippen molar-refractivity contribution in [2.45, 2.75) is 22.7 Å². The molecule has 1 atom stereocenters. The van der Waals surface area contributed by atoms with Gasteiger partial charge >= 0.3 is 6.18 Å². The molecular weight excluding hydrogens is 223 g/mol. The highest BCUT2D eigenvalue weighted by Gasteiger charge is 2.32. The van der Waals surface area contributed by atoms with Gasteiger partial charge in [0.2, 0.25) is 0 Å². The van der Waals surface area contributed by atoms with Crippen LogP contribution in [0.4, 0.5) is 13.2 Å². The predicted molar refractivity (Wildman–Crippen MR) is 53.8 cm³/mol. The molecule has 1 aromatic carbocycles. The van der Waals surface area contributed by atoms with Gasteiger partial charge in [-0.05, 0) is 30.2 Å². The molecule has 0 saturated carbocycles. The van der Waals surface area contributed by atoms with Gasteiger partial charge in [0.1, 0.15) is 0 Å². The lowest BCUT2D eigenvalue weighted by Crippen LogP contribution is -2.15. The summed E-state index contributed by atoms with van der Waals surface area (Å²) >= 11 is 1.56. The van der Waals surface area contributed by atoms with Gasteiger partial charge in [-0.2, -0.15) is 13.2 Å². The van der Waals surface area contributed by atoms with Crippen LogP contribution in [-0.4, -0.2) is 11.8 Å². The van der Waals surface area contributed by atoms with Gasteiger partial charge in [-0.1, -0.05) is 0 Å². The number of hydrogen-bond donors (Lipinski definition) is 1. The molecule has 2 N–H and O–H groups in total. The Kier molecular flexibility index (Phi) is 2.68. The van der Waals surface area contributed by atoms with Crippen LogP contribution in [0.2, 0.25) is 0 Å². The minimum absolute atomic E-state index is 0.225. The zero-order valence-corrected chi connectivity index (χ0v) is 8.66. The third-order valence-electron chi connectivity index (χ3n) is 2.39. The third-order valence-corrected chi connectivity index (χ3v) is 3.74. The molecule has 0 radical (unpaired) electrons. The van der Waals surface area contributed by atoms with E-state index >= 15 is 0 Å². The molecule has 82 valence electrons. The minimum Gasteiger partial charge on any atom is -0.329 e. The fourth-order valence-electron chi connectivity index (χ4n) is 1.63. The van der Waals surface area contributed by atoms with Crippen LogP contribution in [0.3, 0.4) is 0 Å². The van der Waals surface area contributed by atoms with Crippen LogP contribution in [0.15, 0.2) is 23.1 Å². The Morgan fingerprint density at radius 3 is 2.73 bits per heavy atom. The highest BCUT2D eigenvalue weighted by Crippen LogP contribution is 2.39. The number of benzene rings is 1. The summed E-state index contributed by atoms with van der Waals surface area (Å²) in [7, 11) is 0. The average Bonchev–Trinajstić information content (AvgIpc) is 2.57. The Morgan fingerprint density at radius 1 is 1.40 bits per heavy atom. The highest BCUT2D eigenvalue weighted by atomic mass is 32.2. The van der Waals surface area contributed by atoms with Crippen molar-refractivity contribution < 1.29 is 13.2 Å². The molecule has 1 unspecified atom stereocenters. The van der Waals surface area contributed by atoms with Gasteiger partial charge in [-0.25, -0.2) is 0 Å². The van der Waals surface area contributed by atoms with Crippen molar-refractivity contribution in [3.8, 4) is 0 Å². The van der Waals surface area contributed by atoms with Crippen molar-refractivity contribution in [2.24, 2.45) is 5.73 Å². The van der Waals surface area contributed by atoms with Crippen molar-refractivity contribution in [2.75, 3.05) is 6.54 Å². The van der Waals surface area contributed by atoms with Crippen LogP contribution < -0.4 is 5.73 Å². The second kappa shape index (κ2) is 3.72. The van der Waals surface area contributed by atoms with Crippen molar-refractivity contribution in [3.05, 3.63) is 29.3 Å². The molecule has 2 rings (SSSR count). The van der Waals surface area contributed by atoms with E-state index in [1.54, 1.807) is 17.8 Å². The number of hydrogen-bond acceptors (Lipinski definition) is 2. The Hall–Kier alpha value is -0.680. The average molecular weight is 233 g/mol. The molecule has 0 saturated heterocycles. The maximum atomic E-state index is 12.4. The summed E-state index contributed by atoms with van der Waals surface area (Å²) in [5.74, 6) is 0. The fourth-order valence-corrected chi connectivity index (χ4v) is 2.79. The summed E-state index contributed by atoms with van der Waals surface area (Å²) in [5, 5.41) is 0.225. The van der Waals surface area contributed by atoms with Gasteiger partial charge in [-0.3, -0.25) is 0 Å². The van der Waals surface area contributed by atoms with Gasteiger partial charge in [-0.15, -0.1) is 11.8 Å². The van der Waals surface area contributed by atoms with E-state index in [1.165, 1.54) is 6.07 Å². The molecule has 1 aromatic rings. The van der Waals surface area contributed by atoms with E-state index in [-0.39, 0.29) is 5.25 Å². The van der Waals surface area contributed by atoms with Gasteiger partial charge < -0.3 is 5.73 Å². The van der Waals surface area contributed by atoms with Crippen molar-refractivity contribution in [1.82, 2.24) is 0 Å². The first kappa shape index (κ1) is 10.8. The fraction of sp³-hybridized carbons (Fsp3) is 0.400. The maximum absolute atomic E-state index is 12.4. The number of fused-ring (bicyclic) bond motifs is 1. The molecule has 0 aliphatic carbocycles. The van der Waals surface area contributed by atoms with Gasteiger partial charge in [0, 0.05) is 16.7 Å². The lowest BCUT2D eigenvalue weighted by atomic mass is 10.1. The number of nitrogens with two attached hydrogens (primary N) is 1. The van der Waals surface area contributed by atoms with Crippen LogP contribution in [0.1, 0.15) is 11.1 Å². The standard InChI is InChI=1S/C10H10F3NS/c11-10(12,13)7-1-2-9-6(3-7)4-8(5-14)15-9/h1-3,8H,4-5,14H2. The van der Waals surface area contributed by atoms with Crippen molar-refractivity contribution in [1.29, 1.82) is 0 Å². The van der Waals surface area contributed by atoms with E-state index in [0.29, 0.717) is 13.0 Å². The second-order valence-electron chi connectivity index (χ2n) is 3.50. The zero-order chi connectivity index (χ0) is 11.1. The maximum Gasteiger partial charge on any atom is 0.416 e. The summed E-state index contributed by atoms with van der Waals surface area (Å²) in [6.45, 7) is 0.501. The quantitative estimate of drug-likeness (QED) is 0.807. The largest absolute Gasteiger partial charge is 0.416 e. The minimum atomic E-state index is -4.25. The van der Waals surface area contributed by atoms with E-state index in [9.17, 15) is 13.2 Å². The molecule has 1 aliphatic heterocycles. The Labute approximate surface area is 89.8 Å². The highest BCUT2D eigenvalue weighted by molar-refractivity contribution is 8.00. The van der Waals surface area contributed by atoms with Gasteiger partial charge in [0.25, 0.3) is 0 Å². The SMILES string of the molecule is NCC1Cc2cc(C(F)(F)F)ccc2S1. The molecule has 5 heteroatoms. The number of alkyl halides is 3. The first-order valence-corrected chi connectivity index (χ1v) is 5.45. The molecule has 0 bridgehead atoms. The number of halogens is 3. The molecular formula is C10H10F3NS. The summed E-state index contributed by atoms with van der Waals surface area (Å²) in [6.07, 6.45) is -3.61. The summed E-state index contributed by atoms with van der Waals surface area (Å²) in [5.41, 5.74) is 5.69.